The van der Waals surface area contributed by atoms with Crippen molar-refractivity contribution in [2.24, 2.45) is 0 Å². The topological polar surface area (TPSA) is 50.4 Å². The maximum Gasteiger partial charge on any atom is 0.471 e. The van der Waals surface area contributed by atoms with Crippen molar-refractivity contribution in [3.05, 3.63) is 59.7 Å². The molecule has 25 heavy (non-hydrogen) atoms. The van der Waals surface area contributed by atoms with E-state index in [1.807, 2.05) is 41.7 Å². The van der Waals surface area contributed by atoms with E-state index in [-0.39, 0.29) is 13.0 Å². The Hall–Kier alpha value is -2.70. The number of hydrogen-bond acceptors (Lipinski definition) is 3. The van der Waals surface area contributed by atoms with Gasteiger partial charge in [-0.05, 0) is 29.7 Å². The van der Waals surface area contributed by atoms with Gasteiger partial charge in [-0.1, -0.05) is 36.4 Å². The van der Waals surface area contributed by atoms with Crippen LogP contribution in [0.4, 0.5) is 18.9 Å². The maximum absolute atomic E-state index is 12.2. The van der Waals surface area contributed by atoms with Crippen molar-refractivity contribution in [1.82, 2.24) is 5.32 Å². The Morgan fingerprint density at radius 1 is 1.08 bits per heavy atom. The largest absolute Gasteiger partial charge is 0.495 e. The Labute approximate surface area is 144 Å². The third-order valence-corrected chi connectivity index (χ3v) is 3.55. The second-order valence-electron chi connectivity index (χ2n) is 5.38. The zero-order valence-corrected chi connectivity index (χ0v) is 13.7. The van der Waals surface area contributed by atoms with E-state index < -0.39 is 12.1 Å². The van der Waals surface area contributed by atoms with E-state index in [1.165, 1.54) is 0 Å². The fraction of sp³-hybridized carbons (Fsp3) is 0.278. The lowest BCUT2D eigenvalue weighted by Crippen LogP contribution is -2.37. The SMILES string of the molecule is COc1ccc(CCNC(=O)C(F)(F)F)cc1NCc1ccccc1. The molecule has 0 unspecified atom stereocenters. The van der Waals surface area contributed by atoms with E-state index in [0.29, 0.717) is 12.3 Å². The van der Waals surface area contributed by atoms with Gasteiger partial charge in [0, 0.05) is 13.1 Å². The molecule has 2 rings (SSSR count). The summed E-state index contributed by atoms with van der Waals surface area (Å²) < 4.78 is 41.8. The van der Waals surface area contributed by atoms with Crippen LogP contribution in [0, 0.1) is 0 Å². The van der Waals surface area contributed by atoms with Crippen molar-refractivity contribution in [3.63, 3.8) is 0 Å². The molecule has 0 fully saturated rings. The summed E-state index contributed by atoms with van der Waals surface area (Å²) >= 11 is 0. The first-order valence-electron chi connectivity index (χ1n) is 7.70. The monoisotopic (exact) mass is 352 g/mol. The van der Waals surface area contributed by atoms with E-state index in [2.05, 4.69) is 5.32 Å². The van der Waals surface area contributed by atoms with Gasteiger partial charge in [0.05, 0.1) is 12.8 Å². The van der Waals surface area contributed by atoms with Crippen LogP contribution in [0.25, 0.3) is 0 Å². The first-order chi connectivity index (χ1) is 11.9. The molecule has 0 aliphatic heterocycles. The molecule has 0 bridgehead atoms. The van der Waals surface area contributed by atoms with Gasteiger partial charge in [-0.25, -0.2) is 0 Å². The zero-order valence-electron chi connectivity index (χ0n) is 13.7. The van der Waals surface area contributed by atoms with Crippen LogP contribution in [-0.4, -0.2) is 25.7 Å². The van der Waals surface area contributed by atoms with E-state index in [9.17, 15) is 18.0 Å². The number of carbonyl (C=O) groups is 1. The summed E-state index contributed by atoms with van der Waals surface area (Å²) in [6, 6.07) is 15.1. The fourth-order valence-electron chi connectivity index (χ4n) is 2.26. The molecule has 0 saturated heterocycles. The number of benzene rings is 2. The van der Waals surface area contributed by atoms with Crippen LogP contribution in [0.3, 0.4) is 0 Å². The van der Waals surface area contributed by atoms with Crippen molar-refractivity contribution in [3.8, 4) is 5.75 Å². The van der Waals surface area contributed by atoms with Gasteiger partial charge in [0.15, 0.2) is 0 Å². The molecule has 4 nitrogen and oxygen atoms in total. The summed E-state index contributed by atoms with van der Waals surface area (Å²) in [7, 11) is 1.55. The van der Waals surface area contributed by atoms with E-state index in [4.69, 9.17) is 4.74 Å². The quantitative estimate of drug-likeness (QED) is 0.802. The molecule has 2 aromatic carbocycles. The minimum atomic E-state index is -4.86. The molecule has 2 N–H and O–H groups in total. The van der Waals surface area contributed by atoms with Crippen molar-refractivity contribution in [2.45, 2.75) is 19.1 Å². The lowest BCUT2D eigenvalue weighted by Gasteiger charge is -2.13. The molecule has 0 saturated carbocycles. The number of hydrogen-bond donors (Lipinski definition) is 2. The summed E-state index contributed by atoms with van der Waals surface area (Å²) in [5, 5.41) is 5.11. The predicted octanol–water partition coefficient (Wildman–Crippen LogP) is 3.53. The summed E-state index contributed by atoms with van der Waals surface area (Å²) in [5.74, 6) is -1.29. The summed E-state index contributed by atoms with van der Waals surface area (Å²) in [6.07, 6.45) is -4.58. The first kappa shape index (κ1) is 18.6. The van der Waals surface area contributed by atoms with Gasteiger partial charge >= 0.3 is 12.1 Å². The third kappa shape index (κ3) is 5.70. The molecular formula is C18H19F3N2O2. The van der Waals surface area contributed by atoms with Crippen molar-refractivity contribution < 1.29 is 22.7 Å². The highest BCUT2D eigenvalue weighted by molar-refractivity contribution is 5.81. The summed E-state index contributed by atoms with van der Waals surface area (Å²) in [5.41, 5.74) is 2.62. The molecular weight excluding hydrogens is 333 g/mol. The average molecular weight is 352 g/mol. The number of ether oxygens (including phenoxy) is 1. The number of halogens is 3. The molecule has 134 valence electrons. The molecule has 0 radical (unpaired) electrons. The number of amides is 1. The van der Waals surface area contributed by atoms with E-state index >= 15 is 0 Å². The van der Waals surface area contributed by atoms with Crippen molar-refractivity contribution >= 4 is 11.6 Å². The molecule has 0 spiro atoms. The van der Waals surface area contributed by atoms with Crippen LogP contribution in [0.1, 0.15) is 11.1 Å². The first-order valence-corrected chi connectivity index (χ1v) is 7.70. The van der Waals surface area contributed by atoms with Gasteiger partial charge in [-0.2, -0.15) is 13.2 Å². The van der Waals surface area contributed by atoms with Crippen LogP contribution in [0.5, 0.6) is 5.75 Å². The summed E-state index contributed by atoms with van der Waals surface area (Å²) in [6.45, 7) is 0.494. The number of methoxy groups -OCH3 is 1. The second kappa shape index (κ2) is 8.41. The smallest absolute Gasteiger partial charge is 0.471 e. The van der Waals surface area contributed by atoms with Crippen molar-refractivity contribution in [2.75, 3.05) is 19.0 Å². The Balaban J connectivity index is 1.97. The minimum absolute atomic E-state index is 0.0944. The normalized spacial score (nSPS) is 11.0. The van der Waals surface area contributed by atoms with Gasteiger partial charge in [-0.3, -0.25) is 4.79 Å². The van der Waals surface area contributed by atoms with Crippen LogP contribution in [-0.2, 0) is 17.8 Å². The highest BCUT2D eigenvalue weighted by Gasteiger charge is 2.38. The van der Waals surface area contributed by atoms with Crippen molar-refractivity contribution in [1.29, 1.82) is 0 Å². The third-order valence-electron chi connectivity index (χ3n) is 3.55. The van der Waals surface area contributed by atoms with Gasteiger partial charge in [-0.15, -0.1) is 0 Å². The van der Waals surface area contributed by atoms with E-state index in [1.54, 1.807) is 19.2 Å². The predicted molar refractivity (Wildman–Crippen MR) is 89.5 cm³/mol. The average Bonchev–Trinajstić information content (AvgIpc) is 2.60. The van der Waals surface area contributed by atoms with Gasteiger partial charge in [0.1, 0.15) is 5.75 Å². The molecule has 0 aliphatic carbocycles. The van der Waals surface area contributed by atoms with Gasteiger partial charge in [0.25, 0.3) is 0 Å². The van der Waals surface area contributed by atoms with Gasteiger partial charge in [0.2, 0.25) is 0 Å². The lowest BCUT2D eigenvalue weighted by molar-refractivity contribution is -0.173. The minimum Gasteiger partial charge on any atom is -0.495 e. The summed E-state index contributed by atoms with van der Waals surface area (Å²) in [4.78, 5) is 10.8. The van der Waals surface area contributed by atoms with Crippen LogP contribution in [0.2, 0.25) is 0 Å². The highest BCUT2D eigenvalue weighted by atomic mass is 19.4. The fourth-order valence-corrected chi connectivity index (χ4v) is 2.26. The number of nitrogens with one attached hydrogen (secondary N) is 2. The number of rotatable bonds is 7. The molecule has 7 heteroatoms. The Kier molecular flexibility index (Phi) is 6.27. The Morgan fingerprint density at radius 3 is 2.44 bits per heavy atom. The lowest BCUT2D eigenvalue weighted by atomic mass is 10.1. The van der Waals surface area contributed by atoms with Gasteiger partial charge < -0.3 is 15.4 Å². The molecule has 1 amide bonds. The molecule has 0 aromatic heterocycles. The standard InChI is InChI=1S/C18H19F3N2O2/c1-25-16-8-7-13(9-10-22-17(24)18(19,20)21)11-15(16)23-12-14-5-3-2-4-6-14/h2-8,11,23H,9-10,12H2,1H3,(H,22,24). The second-order valence-corrected chi connectivity index (χ2v) is 5.38. The number of carbonyl (C=O) groups excluding carboxylic acids is 1. The molecule has 0 atom stereocenters. The van der Waals surface area contributed by atoms with E-state index in [0.717, 1.165) is 16.8 Å². The highest BCUT2D eigenvalue weighted by Crippen LogP contribution is 2.26. The maximum atomic E-state index is 12.2. The molecule has 0 aliphatic rings. The van der Waals surface area contributed by atoms with Crippen LogP contribution in [0.15, 0.2) is 48.5 Å². The Bertz CT molecular complexity index is 703. The number of alkyl halides is 3. The van der Waals surface area contributed by atoms with Crippen LogP contribution < -0.4 is 15.4 Å². The Morgan fingerprint density at radius 2 is 1.80 bits per heavy atom. The zero-order chi connectivity index (χ0) is 18.3. The van der Waals surface area contributed by atoms with Crippen LogP contribution >= 0.6 is 0 Å². The molecule has 0 heterocycles. The number of anilines is 1. The molecule has 2 aromatic rings.